The fourth-order valence-corrected chi connectivity index (χ4v) is 1.66. The van der Waals surface area contributed by atoms with Crippen LogP contribution < -0.4 is 10.6 Å². The molecule has 1 rings (SSSR count). The van der Waals surface area contributed by atoms with Gasteiger partial charge in [0.05, 0.1) is 0 Å². The Balaban J connectivity index is 2.19. The minimum atomic E-state index is -0.152. The molecule has 0 spiro atoms. The van der Waals surface area contributed by atoms with Crippen LogP contribution >= 0.6 is 11.6 Å². The van der Waals surface area contributed by atoms with Crippen molar-refractivity contribution < 1.29 is 4.79 Å². The van der Waals surface area contributed by atoms with E-state index in [1.807, 2.05) is 45.0 Å². The van der Waals surface area contributed by atoms with Crippen molar-refractivity contribution in [2.45, 2.75) is 39.2 Å². The van der Waals surface area contributed by atoms with Crippen LogP contribution in [0.1, 0.15) is 33.6 Å². The van der Waals surface area contributed by atoms with E-state index >= 15 is 0 Å². The third kappa shape index (κ3) is 6.50. The number of carbonyl (C=O) groups is 1. The van der Waals surface area contributed by atoms with Crippen molar-refractivity contribution in [3.05, 3.63) is 29.3 Å². The highest BCUT2D eigenvalue weighted by atomic mass is 35.5. The monoisotopic (exact) mass is 268 g/mol. The summed E-state index contributed by atoms with van der Waals surface area (Å²) >= 11 is 5.80. The predicted molar refractivity (Wildman–Crippen MR) is 77.1 cm³/mol. The first-order chi connectivity index (χ1) is 8.37. The van der Waals surface area contributed by atoms with Gasteiger partial charge in [0.1, 0.15) is 0 Å². The van der Waals surface area contributed by atoms with Crippen LogP contribution in [0, 0.1) is 0 Å². The molecular formula is C14H21ClN2O. The fourth-order valence-electron chi connectivity index (χ4n) is 1.53. The SMILES string of the molecule is CC(C)(C)NC(=O)CCCNc1ccc(Cl)cc1. The number of benzene rings is 1. The van der Waals surface area contributed by atoms with Crippen molar-refractivity contribution in [3.8, 4) is 0 Å². The second-order valence-corrected chi connectivity index (χ2v) is 5.77. The molecule has 1 aromatic carbocycles. The standard InChI is InChI=1S/C14H21ClN2O/c1-14(2,3)17-13(18)5-4-10-16-12-8-6-11(15)7-9-12/h6-9,16H,4-5,10H2,1-3H3,(H,17,18). The topological polar surface area (TPSA) is 41.1 Å². The van der Waals surface area contributed by atoms with Crippen molar-refractivity contribution in [1.29, 1.82) is 0 Å². The molecule has 0 aliphatic heterocycles. The number of nitrogens with one attached hydrogen (secondary N) is 2. The first kappa shape index (κ1) is 14.8. The molecule has 0 unspecified atom stereocenters. The summed E-state index contributed by atoms with van der Waals surface area (Å²) in [5.74, 6) is 0.0976. The van der Waals surface area contributed by atoms with Crippen LogP contribution in [-0.2, 0) is 4.79 Å². The van der Waals surface area contributed by atoms with Gasteiger partial charge in [-0.1, -0.05) is 11.6 Å². The molecule has 0 fully saturated rings. The Kier molecular flexibility index (Phi) is 5.48. The normalized spacial score (nSPS) is 11.1. The average Bonchev–Trinajstić information content (AvgIpc) is 2.24. The van der Waals surface area contributed by atoms with Gasteiger partial charge >= 0.3 is 0 Å². The number of rotatable bonds is 5. The summed E-state index contributed by atoms with van der Waals surface area (Å²) in [6.45, 7) is 6.73. The van der Waals surface area contributed by atoms with Crippen LogP contribution in [0.5, 0.6) is 0 Å². The fraction of sp³-hybridized carbons (Fsp3) is 0.500. The highest BCUT2D eigenvalue weighted by molar-refractivity contribution is 6.30. The molecule has 100 valence electrons. The van der Waals surface area contributed by atoms with Crippen LogP contribution in [0.4, 0.5) is 5.69 Å². The van der Waals surface area contributed by atoms with E-state index in [4.69, 9.17) is 11.6 Å². The summed E-state index contributed by atoms with van der Waals surface area (Å²) in [7, 11) is 0. The lowest BCUT2D eigenvalue weighted by Crippen LogP contribution is -2.40. The zero-order valence-corrected chi connectivity index (χ0v) is 12.0. The summed E-state index contributed by atoms with van der Waals surface area (Å²) in [4.78, 5) is 11.6. The minimum Gasteiger partial charge on any atom is -0.385 e. The van der Waals surface area contributed by atoms with Crippen LogP contribution in [0.15, 0.2) is 24.3 Å². The molecule has 0 atom stereocenters. The molecule has 0 heterocycles. The molecule has 0 saturated heterocycles. The van der Waals surface area contributed by atoms with E-state index in [2.05, 4.69) is 10.6 Å². The first-order valence-corrected chi connectivity index (χ1v) is 6.55. The van der Waals surface area contributed by atoms with E-state index in [-0.39, 0.29) is 11.4 Å². The molecule has 0 radical (unpaired) electrons. The van der Waals surface area contributed by atoms with E-state index in [1.165, 1.54) is 0 Å². The number of carbonyl (C=O) groups excluding carboxylic acids is 1. The third-order valence-corrected chi connectivity index (χ3v) is 2.52. The number of amides is 1. The molecule has 0 aliphatic carbocycles. The molecule has 0 saturated carbocycles. The summed E-state index contributed by atoms with van der Waals surface area (Å²) in [5, 5.41) is 6.92. The number of hydrogen-bond donors (Lipinski definition) is 2. The van der Waals surface area contributed by atoms with Gasteiger partial charge in [0, 0.05) is 29.2 Å². The quantitative estimate of drug-likeness (QED) is 0.803. The lowest BCUT2D eigenvalue weighted by atomic mass is 10.1. The van der Waals surface area contributed by atoms with Gasteiger partial charge in [0.2, 0.25) is 5.91 Å². The molecule has 18 heavy (non-hydrogen) atoms. The van der Waals surface area contributed by atoms with Gasteiger partial charge in [-0.15, -0.1) is 0 Å². The summed E-state index contributed by atoms with van der Waals surface area (Å²) in [6.07, 6.45) is 1.35. The van der Waals surface area contributed by atoms with Crippen LogP contribution in [0.2, 0.25) is 5.02 Å². The molecule has 4 heteroatoms. The van der Waals surface area contributed by atoms with Crippen LogP contribution in [0.3, 0.4) is 0 Å². The Morgan fingerprint density at radius 2 is 1.83 bits per heavy atom. The van der Waals surface area contributed by atoms with Gasteiger partial charge in [-0.25, -0.2) is 0 Å². The number of anilines is 1. The van der Waals surface area contributed by atoms with Gasteiger partial charge in [-0.3, -0.25) is 4.79 Å². The Morgan fingerprint density at radius 3 is 2.39 bits per heavy atom. The highest BCUT2D eigenvalue weighted by Crippen LogP contribution is 2.13. The van der Waals surface area contributed by atoms with E-state index < -0.39 is 0 Å². The molecule has 2 N–H and O–H groups in total. The van der Waals surface area contributed by atoms with Crippen molar-refractivity contribution in [1.82, 2.24) is 5.32 Å². The van der Waals surface area contributed by atoms with E-state index in [9.17, 15) is 4.79 Å². The maximum Gasteiger partial charge on any atom is 0.220 e. The minimum absolute atomic E-state index is 0.0976. The number of hydrogen-bond acceptors (Lipinski definition) is 2. The van der Waals surface area contributed by atoms with E-state index in [0.29, 0.717) is 6.42 Å². The summed E-state index contributed by atoms with van der Waals surface area (Å²) < 4.78 is 0. The molecule has 1 aromatic rings. The van der Waals surface area contributed by atoms with Gasteiger partial charge in [-0.2, -0.15) is 0 Å². The maximum atomic E-state index is 11.6. The van der Waals surface area contributed by atoms with E-state index in [1.54, 1.807) is 0 Å². The predicted octanol–water partition coefficient (Wildman–Crippen LogP) is 3.45. The van der Waals surface area contributed by atoms with Crippen molar-refractivity contribution in [2.75, 3.05) is 11.9 Å². The third-order valence-electron chi connectivity index (χ3n) is 2.27. The molecule has 0 aliphatic rings. The smallest absolute Gasteiger partial charge is 0.220 e. The van der Waals surface area contributed by atoms with Gasteiger partial charge in [0.25, 0.3) is 0 Å². The first-order valence-electron chi connectivity index (χ1n) is 6.17. The zero-order chi connectivity index (χ0) is 13.6. The highest BCUT2D eigenvalue weighted by Gasteiger charge is 2.12. The van der Waals surface area contributed by atoms with Crippen molar-refractivity contribution in [2.24, 2.45) is 0 Å². The largest absolute Gasteiger partial charge is 0.385 e. The average molecular weight is 269 g/mol. The molecule has 3 nitrogen and oxygen atoms in total. The Bertz CT molecular complexity index is 382. The second kappa shape index (κ2) is 6.64. The van der Waals surface area contributed by atoms with Gasteiger partial charge in [0.15, 0.2) is 0 Å². The molecule has 0 aromatic heterocycles. The van der Waals surface area contributed by atoms with E-state index in [0.717, 1.165) is 23.7 Å². The van der Waals surface area contributed by atoms with Crippen molar-refractivity contribution in [3.63, 3.8) is 0 Å². The maximum absolute atomic E-state index is 11.6. The lowest BCUT2D eigenvalue weighted by molar-refractivity contribution is -0.122. The summed E-state index contributed by atoms with van der Waals surface area (Å²) in [5.41, 5.74) is 0.872. The zero-order valence-electron chi connectivity index (χ0n) is 11.2. The van der Waals surface area contributed by atoms with Gasteiger partial charge in [-0.05, 0) is 51.5 Å². The number of halogens is 1. The second-order valence-electron chi connectivity index (χ2n) is 5.34. The molecule has 1 amide bonds. The Morgan fingerprint density at radius 1 is 1.22 bits per heavy atom. The van der Waals surface area contributed by atoms with Gasteiger partial charge < -0.3 is 10.6 Å². The lowest BCUT2D eigenvalue weighted by Gasteiger charge is -2.20. The molecular weight excluding hydrogens is 248 g/mol. The van der Waals surface area contributed by atoms with Crippen LogP contribution in [-0.4, -0.2) is 18.0 Å². The van der Waals surface area contributed by atoms with Crippen molar-refractivity contribution >= 4 is 23.2 Å². The Hall–Kier alpha value is -1.22. The Labute approximate surface area is 114 Å². The molecule has 0 bridgehead atoms. The van der Waals surface area contributed by atoms with Crippen LogP contribution in [0.25, 0.3) is 0 Å². The summed E-state index contributed by atoms with van der Waals surface area (Å²) in [6, 6.07) is 7.54.